The maximum Gasteiger partial charge on any atom is 0.193 e. The first-order chi connectivity index (χ1) is 12.5. The Morgan fingerprint density at radius 3 is 1.88 bits per heavy atom. The Labute approximate surface area is 163 Å². The zero-order chi connectivity index (χ0) is 19.4. The number of unbranched alkanes of at least 4 members (excludes halogenated alkanes) is 3. The van der Waals surface area contributed by atoms with Crippen molar-refractivity contribution in [2.75, 3.05) is 19.6 Å². The van der Waals surface area contributed by atoms with Gasteiger partial charge in [-0.05, 0) is 37.3 Å². The Morgan fingerprint density at radius 2 is 1.46 bits per heavy atom. The number of hydrogen-bond donors (Lipinski definition) is 0. The first-order valence-electron chi connectivity index (χ1n) is 11.2. The predicted molar refractivity (Wildman–Crippen MR) is 115 cm³/mol. The molecule has 0 unspecified atom stereocenters. The van der Waals surface area contributed by atoms with Crippen LogP contribution in [-0.2, 0) is 9.22 Å². The number of likely N-dealkylation sites (N-methyl/N-ethyl adjacent to an activating group) is 1. The van der Waals surface area contributed by atoms with E-state index in [4.69, 9.17) is 4.43 Å². The fraction of sp³-hybridized carbons (Fsp3) is 0.864. The Kier molecular flexibility index (Phi) is 11.7. The monoisotopic (exact) mass is 381 g/mol. The zero-order valence-electron chi connectivity index (χ0n) is 18.1. The molecule has 0 saturated carbocycles. The minimum atomic E-state index is -1.75. The number of nitrogens with zero attached hydrogens (tertiary/aromatic N) is 1. The van der Waals surface area contributed by atoms with Gasteiger partial charge >= 0.3 is 0 Å². The van der Waals surface area contributed by atoms with Crippen molar-refractivity contribution in [1.29, 1.82) is 0 Å². The maximum atomic E-state index is 12.5. The number of rotatable bonds is 15. The highest BCUT2D eigenvalue weighted by Crippen LogP contribution is 2.33. The highest BCUT2D eigenvalue weighted by molar-refractivity contribution is 6.73. The van der Waals surface area contributed by atoms with Gasteiger partial charge in [0.1, 0.15) is 0 Å². The lowest BCUT2D eigenvalue weighted by molar-refractivity contribution is -0.115. The van der Waals surface area contributed by atoms with Gasteiger partial charge in [0.25, 0.3) is 0 Å². The van der Waals surface area contributed by atoms with Crippen molar-refractivity contribution in [3.63, 3.8) is 0 Å². The molecule has 26 heavy (non-hydrogen) atoms. The van der Waals surface area contributed by atoms with Crippen molar-refractivity contribution in [2.24, 2.45) is 0 Å². The van der Waals surface area contributed by atoms with E-state index >= 15 is 0 Å². The van der Waals surface area contributed by atoms with Crippen LogP contribution in [0, 0.1) is 0 Å². The van der Waals surface area contributed by atoms with Crippen molar-refractivity contribution >= 4 is 14.1 Å². The Morgan fingerprint density at radius 1 is 0.962 bits per heavy atom. The van der Waals surface area contributed by atoms with E-state index in [-0.39, 0.29) is 6.10 Å². The first kappa shape index (κ1) is 23.6. The maximum absolute atomic E-state index is 12.5. The summed E-state index contributed by atoms with van der Waals surface area (Å²) in [5.74, 6) is 0.311. The van der Waals surface area contributed by atoms with Gasteiger partial charge in [0.2, 0.25) is 0 Å². The lowest BCUT2D eigenvalue weighted by atomic mass is 10.2. The summed E-state index contributed by atoms with van der Waals surface area (Å²) in [6.07, 6.45) is 10.3. The topological polar surface area (TPSA) is 29.5 Å². The molecule has 1 rings (SSSR count). The van der Waals surface area contributed by atoms with Gasteiger partial charge < -0.3 is 4.43 Å². The molecular formula is C22H43NO2Si. The van der Waals surface area contributed by atoms with Gasteiger partial charge in [-0.15, -0.1) is 0 Å². The van der Waals surface area contributed by atoms with E-state index in [9.17, 15) is 4.79 Å². The molecule has 0 amide bonds. The zero-order valence-corrected chi connectivity index (χ0v) is 19.1. The van der Waals surface area contributed by atoms with Crippen LogP contribution in [0.1, 0.15) is 79.6 Å². The molecule has 3 nitrogen and oxygen atoms in total. The summed E-state index contributed by atoms with van der Waals surface area (Å²) in [4.78, 5) is 14.8. The van der Waals surface area contributed by atoms with Crippen LogP contribution >= 0.6 is 0 Å². The lowest BCUT2D eigenvalue weighted by Gasteiger charge is -2.34. The molecule has 1 aliphatic rings. The molecule has 0 aromatic rings. The number of Topliss-reactive ketones (excluding diaryl/α,β-unsaturated/α-hetero) is 1. The predicted octanol–water partition coefficient (Wildman–Crippen LogP) is 5.96. The second-order valence-corrected chi connectivity index (χ2v) is 12.0. The van der Waals surface area contributed by atoms with E-state index in [1.807, 2.05) is 0 Å². The van der Waals surface area contributed by atoms with Gasteiger partial charge in [-0.25, -0.2) is 0 Å². The summed E-state index contributed by atoms with van der Waals surface area (Å²) < 4.78 is 6.88. The van der Waals surface area contributed by atoms with Gasteiger partial charge in [-0.2, -0.15) is 0 Å². The molecule has 1 atom stereocenters. The Bertz CT molecular complexity index is 410. The van der Waals surface area contributed by atoms with Gasteiger partial charge in [-0.3, -0.25) is 9.69 Å². The van der Waals surface area contributed by atoms with Crippen molar-refractivity contribution in [3.05, 3.63) is 11.6 Å². The van der Waals surface area contributed by atoms with Crippen LogP contribution in [0.4, 0.5) is 0 Å². The molecule has 0 spiro atoms. The van der Waals surface area contributed by atoms with Crippen molar-refractivity contribution < 1.29 is 9.22 Å². The van der Waals surface area contributed by atoms with E-state index in [2.05, 4.69) is 45.6 Å². The summed E-state index contributed by atoms with van der Waals surface area (Å²) in [5, 5.41) is 0. The Balaban J connectivity index is 2.86. The molecule has 0 aliphatic heterocycles. The fourth-order valence-electron chi connectivity index (χ4n) is 3.96. The molecular weight excluding hydrogens is 338 g/mol. The molecule has 4 heteroatoms. The molecule has 0 N–H and O–H groups in total. The second kappa shape index (κ2) is 12.8. The largest absolute Gasteiger partial charge is 0.410 e. The highest BCUT2D eigenvalue weighted by Gasteiger charge is 2.37. The quantitative estimate of drug-likeness (QED) is 0.328. The molecule has 0 heterocycles. The summed E-state index contributed by atoms with van der Waals surface area (Å²) in [7, 11) is -1.75. The van der Waals surface area contributed by atoms with Crippen LogP contribution < -0.4 is 0 Å². The van der Waals surface area contributed by atoms with Gasteiger partial charge in [0.05, 0.1) is 6.10 Å². The van der Waals surface area contributed by atoms with Crippen molar-refractivity contribution in [2.45, 2.75) is 104 Å². The van der Waals surface area contributed by atoms with Crippen LogP contribution in [0.2, 0.25) is 18.1 Å². The third kappa shape index (κ3) is 7.65. The van der Waals surface area contributed by atoms with E-state index < -0.39 is 8.32 Å². The molecule has 0 bridgehead atoms. The summed E-state index contributed by atoms with van der Waals surface area (Å²) >= 11 is 0. The number of hydrogen-bond acceptors (Lipinski definition) is 3. The number of ketones is 1. The highest BCUT2D eigenvalue weighted by atomic mass is 28.4. The molecule has 0 fully saturated rings. The molecule has 0 aromatic heterocycles. The van der Waals surface area contributed by atoms with Crippen LogP contribution in [0.5, 0.6) is 0 Å². The van der Waals surface area contributed by atoms with E-state index in [1.54, 1.807) is 0 Å². The van der Waals surface area contributed by atoms with Crippen LogP contribution in [0.15, 0.2) is 11.6 Å². The average Bonchev–Trinajstić information content (AvgIpc) is 2.99. The smallest absolute Gasteiger partial charge is 0.193 e. The first-order valence-corrected chi connectivity index (χ1v) is 13.7. The SMILES string of the molecule is CCCC[Si](CCCC)(CCCC)O[C@H]1C=C(CN(CC)CC)C(=O)C1. The standard InChI is InChI=1S/C22H43NO2Si/c1-6-11-14-26(15-12-7-2,16-13-8-3)25-21-17-20(22(24)18-21)19-23(9-4)10-5/h17,21H,6-16,18-19H2,1-5H3/t21-/m0/s1. The molecule has 0 aromatic carbocycles. The van der Waals surface area contributed by atoms with Crippen molar-refractivity contribution in [3.8, 4) is 0 Å². The molecule has 0 saturated heterocycles. The molecule has 1 aliphatic carbocycles. The number of carbonyl (C=O) groups is 1. The second-order valence-electron chi connectivity index (χ2n) is 7.93. The fourth-order valence-corrected chi connectivity index (χ4v) is 8.86. The summed E-state index contributed by atoms with van der Waals surface area (Å²) in [6.45, 7) is 13.9. The minimum Gasteiger partial charge on any atom is -0.410 e. The van der Waals surface area contributed by atoms with E-state index in [1.165, 1.54) is 56.7 Å². The van der Waals surface area contributed by atoms with Gasteiger partial charge in [0, 0.05) is 18.5 Å². The Hall–Kier alpha value is -0.453. The summed E-state index contributed by atoms with van der Waals surface area (Å²) in [5.41, 5.74) is 0.989. The van der Waals surface area contributed by atoms with Crippen LogP contribution in [0.25, 0.3) is 0 Å². The average molecular weight is 382 g/mol. The number of carbonyl (C=O) groups excluding carboxylic acids is 1. The third-order valence-corrected chi connectivity index (χ3v) is 10.4. The van der Waals surface area contributed by atoms with E-state index in [0.29, 0.717) is 12.2 Å². The summed E-state index contributed by atoms with van der Waals surface area (Å²) in [6, 6.07) is 3.81. The lowest BCUT2D eigenvalue weighted by Crippen LogP contribution is -2.41. The van der Waals surface area contributed by atoms with Gasteiger partial charge in [-0.1, -0.05) is 73.1 Å². The third-order valence-electron chi connectivity index (χ3n) is 5.78. The minimum absolute atomic E-state index is 0.0466. The van der Waals surface area contributed by atoms with Crippen LogP contribution in [-0.4, -0.2) is 44.7 Å². The molecule has 0 radical (unpaired) electrons. The molecule has 152 valence electrons. The van der Waals surface area contributed by atoms with Crippen molar-refractivity contribution in [1.82, 2.24) is 4.90 Å². The normalized spacial score (nSPS) is 18.0. The van der Waals surface area contributed by atoms with Gasteiger partial charge in [0.15, 0.2) is 14.1 Å². The van der Waals surface area contributed by atoms with Crippen LogP contribution in [0.3, 0.4) is 0 Å². The van der Waals surface area contributed by atoms with E-state index in [0.717, 1.165) is 25.2 Å².